The second-order valence-corrected chi connectivity index (χ2v) is 5.72. The van der Waals surface area contributed by atoms with Gasteiger partial charge in [-0.2, -0.15) is 0 Å². The summed E-state index contributed by atoms with van der Waals surface area (Å²) in [6, 6.07) is 4.75. The van der Waals surface area contributed by atoms with Crippen LogP contribution >= 0.6 is 0 Å². The summed E-state index contributed by atoms with van der Waals surface area (Å²) in [7, 11) is 1.27. The van der Waals surface area contributed by atoms with Crippen molar-refractivity contribution in [3.63, 3.8) is 0 Å². The van der Waals surface area contributed by atoms with Crippen molar-refractivity contribution in [1.82, 2.24) is 25.6 Å². The first-order valence-electron chi connectivity index (χ1n) is 8.11. The molecule has 0 saturated carbocycles. The highest BCUT2D eigenvalue weighted by atomic mass is 19.1. The standard InChI is InChI=1S/C16H19FN6O3/c1-26-16(25)19-9-11-10-23(21-20-11)12-2-3-14(13(17)8-12)22-6-4-15(24)18-5-7-22/h2-3,8,10H,4-7,9H2,1H3,(H,18,24)(H,19,25). The molecule has 1 fully saturated rings. The number of carbonyl (C=O) groups is 2. The van der Waals surface area contributed by atoms with Crippen LogP contribution in [0.4, 0.5) is 14.9 Å². The largest absolute Gasteiger partial charge is 0.453 e. The van der Waals surface area contributed by atoms with Crippen molar-refractivity contribution in [2.75, 3.05) is 31.6 Å². The third kappa shape index (κ3) is 4.08. The Kier molecular flexibility index (Phi) is 5.30. The number of nitrogens with zero attached hydrogens (tertiary/aromatic N) is 4. The summed E-state index contributed by atoms with van der Waals surface area (Å²) in [4.78, 5) is 24.3. The summed E-state index contributed by atoms with van der Waals surface area (Å²) >= 11 is 0. The molecule has 2 amide bonds. The van der Waals surface area contributed by atoms with Gasteiger partial charge in [-0.1, -0.05) is 5.21 Å². The van der Waals surface area contributed by atoms with Crippen LogP contribution in [0.2, 0.25) is 0 Å². The number of hydrogen-bond acceptors (Lipinski definition) is 6. The monoisotopic (exact) mass is 362 g/mol. The molecule has 2 N–H and O–H groups in total. The van der Waals surface area contributed by atoms with Gasteiger partial charge in [-0.25, -0.2) is 13.9 Å². The van der Waals surface area contributed by atoms with E-state index >= 15 is 0 Å². The molecule has 26 heavy (non-hydrogen) atoms. The number of alkyl carbamates (subject to hydrolysis) is 1. The van der Waals surface area contributed by atoms with E-state index in [0.29, 0.717) is 43.1 Å². The fraction of sp³-hybridized carbons (Fsp3) is 0.375. The van der Waals surface area contributed by atoms with E-state index in [1.807, 2.05) is 4.90 Å². The first kappa shape index (κ1) is 17.6. The summed E-state index contributed by atoms with van der Waals surface area (Å²) in [5.74, 6) is -0.429. The molecule has 0 spiro atoms. The molecular weight excluding hydrogens is 343 g/mol. The maximum atomic E-state index is 14.6. The van der Waals surface area contributed by atoms with E-state index in [2.05, 4.69) is 25.7 Å². The molecule has 1 aliphatic heterocycles. The Morgan fingerprint density at radius 1 is 1.42 bits per heavy atom. The third-order valence-electron chi connectivity index (χ3n) is 3.99. The smallest absolute Gasteiger partial charge is 0.407 e. The molecule has 0 unspecified atom stereocenters. The zero-order valence-electron chi connectivity index (χ0n) is 14.2. The molecule has 1 saturated heterocycles. The van der Waals surface area contributed by atoms with Gasteiger partial charge in [0.1, 0.15) is 11.5 Å². The van der Waals surface area contributed by atoms with Crippen molar-refractivity contribution >= 4 is 17.7 Å². The number of aromatic nitrogens is 3. The van der Waals surface area contributed by atoms with E-state index < -0.39 is 11.9 Å². The molecule has 1 aromatic heterocycles. The summed E-state index contributed by atoms with van der Waals surface area (Å²) in [5.41, 5.74) is 1.46. The number of ether oxygens (including phenoxy) is 1. The Balaban J connectivity index is 1.72. The van der Waals surface area contributed by atoms with Crippen LogP contribution < -0.4 is 15.5 Å². The van der Waals surface area contributed by atoms with Crippen LogP contribution in [-0.2, 0) is 16.1 Å². The Morgan fingerprint density at radius 3 is 3.04 bits per heavy atom. The Morgan fingerprint density at radius 2 is 2.27 bits per heavy atom. The fourth-order valence-electron chi connectivity index (χ4n) is 2.64. The normalized spacial score (nSPS) is 14.5. The predicted molar refractivity (Wildman–Crippen MR) is 90.4 cm³/mol. The molecule has 1 aromatic carbocycles. The van der Waals surface area contributed by atoms with Crippen LogP contribution in [-0.4, -0.2) is 53.7 Å². The first-order chi connectivity index (χ1) is 12.6. The molecule has 2 heterocycles. The van der Waals surface area contributed by atoms with Gasteiger partial charge in [-0.05, 0) is 12.1 Å². The Labute approximate surface area is 149 Å². The molecule has 0 atom stereocenters. The van der Waals surface area contributed by atoms with Gasteiger partial charge in [0.2, 0.25) is 5.91 Å². The first-order valence-corrected chi connectivity index (χ1v) is 8.11. The van der Waals surface area contributed by atoms with Crippen molar-refractivity contribution in [2.24, 2.45) is 0 Å². The molecule has 0 aliphatic carbocycles. The highest BCUT2D eigenvalue weighted by Crippen LogP contribution is 2.23. The van der Waals surface area contributed by atoms with Gasteiger partial charge in [-0.3, -0.25) is 4.79 Å². The number of hydrogen-bond donors (Lipinski definition) is 2. The van der Waals surface area contributed by atoms with E-state index in [9.17, 15) is 14.0 Å². The van der Waals surface area contributed by atoms with Gasteiger partial charge >= 0.3 is 6.09 Å². The highest BCUT2D eigenvalue weighted by molar-refractivity contribution is 5.77. The van der Waals surface area contributed by atoms with Gasteiger partial charge in [0.15, 0.2) is 0 Å². The maximum absolute atomic E-state index is 14.6. The minimum Gasteiger partial charge on any atom is -0.453 e. The van der Waals surface area contributed by atoms with Crippen molar-refractivity contribution in [3.05, 3.63) is 35.9 Å². The van der Waals surface area contributed by atoms with E-state index in [0.717, 1.165) is 0 Å². The highest BCUT2D eigenvalue weighted by Gasteiger charge is 2.17. The van der Waals surface area contributed by atoms with E-state index in [4.69, 9.17) is 0 Å². The minimum atomic E-state index is -0.569. The van der Waals surface area contributed by atoms with Gasteiger partial charge in [0, 0.05) is 32.1 Å². The van der Waals surface area contributed by atoms with E-state index in [1.165, 1.54) is 17.9 Å². The third-order valence-corrected chi connectivity index (χ3v) is 3.99. The lowest BCUT2D eigenvalue weighted by atomic mass is 10.2. The fourth-order valence-corrected chi connectivity index (χ4v) is 2.64. The SMILES string of the molecule is COC(=O)NCc1cn(-c2ccc(N3CCNC(=O)CC3)c(F)c2)nn1. The number of methoxy groups -OCH3 is 1. The quantitative estimate of drug-likeness (QED) is 0.825. The molecule has 1 aliphatic rings. The topological polar surface area (TPSA) is 101 Å². The van der Waals surface area contributed by atoms with Crippen LogP contribution in [0.5, 0.6) is 0 Å². The minimum absolute atomic E-state index is 0.0276. The molecule has 138 valence electrons. The number of rotatable bonds is 4. The number of anilines is 1. The lowest BCUT2D eigenvalue weighted by Crippen LogP contribution is -2.29. The van der Waals surface area contributed by atoms with Crippen LogP contribution in [0.15, 0.2) is 24.4 Å². The molecule has 0 radical (unpaired) electrons. The van der Waals surface area contributed by atoms with Crippen molar-refractivity contribution < 1.29 is 18.7 Å². The number of benzene rings is 1. The number of carbonyl (C=O) groups excluding carboxylic acids is 2. The summed E-state index contributed by atoms with van der Waals surface area (Å²) in [6.07, 6.45) is 1.36. The second kappa shape index (κ2) is 7.81. The average Bonchev–Trinajstić information content (AvgIpc) is 3.01. The molecule has 3 rings (SSSR count). The Hall–Kier alpha value is -3.17. The molecule has 0 bridgehead atoms. The zero-order chi connectivity index (χ0) is 18.5. The van der Waals surface area contributed by atoms with Gasteiger partial charge < -0.3 is 20.3 Å². The van der Waals surface area contributed by atoms with Crippen LogP contribution in [0, 0.1) is 5.82 Å². The second-order valence-electron chi connectivity index (χ2n) is 5.72. The summed E-state index contributed by atoms with van der Waals surface area (Å²) in [6.45, 7) is 1.66. The molecular formula is C16H19FN6O3. The van der Waals surface area contributed by atoms with E-state index in [-0.39, 0.29) is 12.5 Å². The number of amides is 2. The van der Waals surface area contributed by atoms with Crippen molar-refractivity contribution in [1.29, 1.82) is 0 Å². The zero-order valence-corrected chi connectivity index (χ0v) is 14.2. The Bertz CT molecular complexity index is 809. The van der Waals surface area contributed by atoms with Crippen LogP contribution in [0.25, 0.3) is 5.69 Å². The lowest BCUT2D eigenvalue weighted by Gasteiger charge is -2.22. The summed E-state index contributed by atoms with van der Waals surface area (Å²) in [5, 5.41) is 13.1. The average molecular weight is 362 g/mol. The number of nitrogens with one attached hydrogen (secondary N) is 2. The van der Waals surface area contributed by atoms with Crippen molar-refractivity contribution in [2.45, 2.75) is 13.0 Å². The van der Waals surface area contributed by atoms with Gasteiger partial charge in [-0.15, -0.1) is 5.10 Å². The lowest BCUT2D eigenvalue weighted by molar-refractivity contribution is -0.120. The predicted octanol–water partition coefficient (Wildman–Crippen LogP) is 0.589. The van der Waals surface area contributed by atoms with Gasteiger partial charge in [0.05, 0.1) is 31.2 Å². The van der Waals surface area contributed by atoms with Crippen molar-refractivity contribution in [3.8, 4) is 5.69 Å². The van der Waals surface area contributed by atoms with E-state index in [1.54, 1.807) is 18.3 Å². The number of halogens is 1. The molecule has 10 heteroatoms. The van der Waals surface area contributed by atoms with Crippen LogP contribution in [0.3, 0.4) is 0 Å². The maximum Gasteiger partial charge on any atom is 0.407 e. The van der Waals surface area contributed by atoms with Gasteiger partial charge in [0.25, 0.3) is 0 Å². The molecule has 2 aromatic rings. The summed E-state index contributed by atoms with van der Waals surface area (Å²) < 4.78 is 20.5. The molecule has 9 nitrogen and oxygen atoms in total. The van der Waals surface area contributed by atoms with Crippen LogP contribution in [0.1, 0.15) is 12.1 Å².